The van der Waals surface area contributed by atoms with Crippen molar-refractivity contribution in [3.8, 4) is 0 Å². The molecular weight excluding hydrogens is 221 g/mol. The van der Waals surface area contributed by atoms with Gasteiger partial charge in [0.1, 0.15) is 6.04 Å². The van der Waals surface area contributed by atoms with E-state index in [1.54, 1.807) is 13.8 Å². The van der Waals surface area contributed by atoms with Crippen LogP contribution in [0.2, 0.25) is 0 Å². The van der Waals surface area contributed by atoms with Gasteiger partial charge in [0.25, 0.3) is 0 Å². The molecule has 16 heavy (non-hydrogen) atoms. The van der Waals surface area contributed by atoms with E-state index in [9.17, 15) is 13.2 Å². The van der Waals surface area contributed by atoms with Crippen molar-refractivity contribution in [2.75, 3.05) is 19.7 Å². The van der Waals surface area contributed by atoms with Crippen LogP contribution in [0, 0.1) is 0 Å². The molecule has 0 saturated heterocycles. The first-order valence-electron chi connectivity index (χ1n) is 5.55. The van der Waals surface area contributed by atoms with E-state index in [4.69, 9.17) is 10.8 Å². The minimum absolute atomic E-state index is 0.00567. The minimum atomic E-state index is -4.35. The molecule has 0 amide bonds. The van der Waals surface area contributed by atoms with Crippen molar-refractivity contribution in [2.45, 2.75) is 44.9 Å². The molecule has 0 rings (SSSR count). The highest BCUT2D eigenvalue weighted by molar-refractivity contribution is 4.87. The van der Waals surface area contributed by atoms with Gasteiger partial charge in [0.2, 0.25) is 0 Å². The molecule has 0 aromatic heterocycles. The number of nitrogens with zero attached hydrogens (tertiary/aromatic N) is 1. The molecule has 2 atom stereocenters. The van der Waals surface area contributed by atoms with Crippen molar-refractivity contribution in [1.29, 1.82) is 0 Å². The number of nitrogens with two attached hydrogens (primary N) is 1. The molecule has 0 fully saturated rings. The molecule has 6 heteroatoms. The van der Waals surface area contributed by atoms with Crippen LogP contribution in [0.3, 0.4) is 0 Å². The Morgan fingerprint density at radius 3 is 2.12 bits per heavy atom. The van der Waals surface area contributed by atoms with Crippen LogP contribution in [-0.4, -0.2) is 48.0 Å². The number of alkyl halides is 3. The van der Waals surface area contributed by atoms with Gasteiger partial charge in [-0.2, -0.15) is 13.2 Å². The van der Waals surface area contributed by atoms with Crippen molar-refractivity contribution in [1.82, 2.24) is 4.90 Å². The maximum atomic E-state index is 12.9. The standard InChI is InChI=1S/C10H21F3N2O/c1-3-5-15(6-7-16)9(8(14)4-2)10(11,12)13/h8-9,16H,3-7,14H2,1-2H3. The molecule has 0 aliphatic rings. The number of hydrogen-bond acceptors (Lipinski definition) is 3. The molecule has 3 N–H and O–H groups in total. The maximum Gasteiger partial charge on any atom is 0.405 e. The summed E-state index contributed by atoms with van der Waals surface area (Å²) in [5, 5.41) is 8.78. The summed E-state index contributed by atoms with van der Waals surface area (Å²) >= 11 is 0. The normalized spacial score (nSPS) is 16.5. The van der Waals surface area contributed by atoms with Crippen LogP contribution in [0.1, 0.15) is 26.7 Å². The highest BCUT2D eigenvalue weighted by Gasteiger charge is 2.46. The molecule has 0 heterocycles. The molecule has 0 bridgehead atoms. The van der Waals surface area contributed by atoms with Crippen molar-refractivity contribution in [2.24, 2.45) is 5.73 Å². The zero-order chi connectivity index (χ0) is 12.8. The van der Waals surface area contributed by atoms with Gasteiger partial charge in [0.15, 0.2) is 0 Å². The summed E-state index contributed by atoms with van der Waals surface area (Å²) in [4.78, 5) is 1.22. The lowest BCUT2D eigenvalue weighted by Crippen LogP contribution is -2.56. The van der Waals surface area contributed by atoms with Gasteiger partial charge in [-0.3, -0.25) is 4.90 Å². The molecule has 0 saturated carbocycles. The van der Waals surface area contributed by atoms with E-state index < -0.39 is 18.3 Å². The summed E-state index contributed by atoms with van der Waals surface area (Å²) in [6.07, 6.45) is -3.49. The first-order chi connectivity index (χ1) is 7.38. The second-order valence-corrected chi connectivity index (χ2v) is 3.82. The quantitative estimate of drug-likeness (QED) is 0.708. The van der Waals surface area contributed by atoms with Crippen molar-refractivity contribution in [3.05, 3.63) is 0 Å². The van der Waals surface area contributed by atoms with Crippen LogP contribution in [0.25, 0.3) is 0 Å². The van der Waals surface area contributed by atoms with Crippen LogP contribution in [0.15, 0.2) is 0 Å². The SMILES string of the molecule is CCCN(CCO)C(C(N)CC)C(F)(F)F. The molecule has 2 unspecified atom stereocenters. The summed E-state index contributed by atoms with van der Waals surface area (Å²) in [7, 11) is 0. The Kier molecular flexibility index (Phi) is 6.94. The van der Waals surface area contributed by atoms with Crippen LogP contribution in [0.5, 0.6) is 0 Å². The predicted octanol–water partition coefficient (Wildman–Crippen LogP) is 1.36. The van der Waals surface area contributed by atoms with Gasteiger partial charge in [-0.05, 0) is 19.4 Å². The lowest BCUT2D eigenvalue weighted by molar-refractivity contribution is -0.190. The van der Waals surface area contributed by atoms with Gasteiger partial charge in [0.05, 0.1) is 6.61 Å². The first-order valence-corrected chi connectivity index (χ1v) is 5.55. The van der Waals surface area contributed by atoms with Gasteiger partial charge in [-0.25, -0.2) is 0 Å². The van der Waals surface area contributed by atoms with Gasteiger partial charge >= 0.3 is 6.18 Å². The fraction of sp³-hybridized carbons (Fsp3) is 1.00. The van der Waals surface area contributed by atoms with E-state index in [1.165, 1.54) is 4.90 Å². The summed E-state index contributed by atoms with van der Waals surface area (Å²) in [5.41, 5.74) is 5.52. The number of aliphatic hydroxyl groups excluding tert-OH is 1. The van der Waals surface area contributed by atoms with Gasteiger partial charge in [-0.15, -0.1) is 0 Å². The number of hydrogen-bond donors (Lipinski definition) is 2. The Morgan fingerprint density at radius 1 is 1.25 bits per heavy atom. The highest BCUT2D eigenvalue weighted by Crippen LogP contribution is 2.27. The topological polar surface area (TPSA) is 49.5 Å². The van der Waals surface area contributed by atoms with Crippen LogP contribution >= 0.6 is 0 Å². The molecule has 3 nitrogen and oxygen atoms in total. The monoisotopic (exact) mass is 242 g/mol. The van der Waals surface area contributed by atoms with Crippen LogP contribution in [0.4, 0.5) is 13.2 Å². The van der Waals surface area contributed by atoms with E-state index in [0.717, 1.165) is 0 Å². The largest absolute Gasteiger partial charge is 0.405 e. The Morgan fingerprint density at radius 2 is 1.81 bits per heavy atom. The van der Waals surface area contributed by atoms with Gasteiger partial charge in [0, 0.05) is 12.6 Å². The van der Waals surface area contributed by atoms with Crippen molar-refractivity contribution < 1.29 is 18.3 Å². The second kappa shape index (κ2) is 7.09. The molecule has 0 aromatic carbocycles. The molecule has 0 aromatic rings. The average Bonchev–Trinajstić information content (AvgIpc) is 2.16. The third kappa shape index (κ3) is 4.67. The van der Waals surface area contributed by atoms with Gasteiger partial charge in [-0.1, -0.05) is 13.8 Å². The lowest BCUT2D eigenvalue weighted by Gasteiger charge is -2.35. The van der Waals surface area contributed by atoms with Crippen molar-refractivity contribution >= 4 is 0 Å². The summed E-state index contributed by atoms with van der Waals surface area (Å²) < 4.78 is 38.6. The Balaban J connectivity index is 4.80. The molecular formula is C10H21F3N2O. The zero-order valence-electron chi connectivity index (χ0n) is 9.80. The maximum absolute atomic E-state index is 12.9. The fourth-order valence-corrected chi connectivity index (χ4v) is 1.75. The van der Waals surface area contributed by atoms with E-state index in [1.807, 2.05) is 0 Å². The lowest BCUT2D eigenvalue weighted by atomic mass is 10.0. The predicted molar refractivity (Wildman–Crippen MR) is 57.1 cm³/mol. The average molecular weight is 242 g/mol. The Hall–Kier alpha value is -0.330. The van der Waals surface area contributed by atoms with Crippen LogP contribution < -0.4 is 5.73 Å². The molecule has 98 valence electrons. The summed E-state index contributed by atoms with van der Waals surface area (Å²) in [6.45, 7) is 3.44. The smallest absolute Gasteiger partial charge is 0.395 e. The first kappa shape index (κ1) is 15.7. The number of aliphatic hydroxyl groups is 1. The second-order valence-electron chi connectivity index (χ2n) is 3.82. The third-order valence-corrected chi connectivity index (χ3v) is 2.50. The van der Waals surface area contributed by atoms with Gasteiger partial charge < -0.3 is 10.8 Å². The van der Waals surface area contributed by atoms with E-state index in [0.29, 0.717) is 13.0 Å². The number of rotatable bonds is 7. The summed E-state index contributed by atoms with van der Waals surface area (Å²) in [6, 6.07) is -2.61. The minimum Gasteiger partial charge on any atom is -0.395 e. The van der Waals surface area contributed by atoms with E-state index in [2.05, 4.69) is 0 Å². The summed E-state index contributed by atoms with van der Waals surface area (Å²) in [5.74, 6) is 0. The number of halogens is 3. The Bertz CT molecular complexity index is 181. The molecule has 0 radical (unpaired) electrons. The zero-order valence-corrected chi connectivity index (χ0v) is 9.80. The molecule has 0 spiro atoms. The highest BCUT2D eigenvalue weighted by atomic mass is 19.4. The van der Waals surface area contributed by atoms with E-state index in [-0.39, 0.29) is 19.6 Å². The van der Waals surface area contributed by atoms with E-state index >= 15 is 0 Å². The Labute approximate surface area is 94.4 Å². The molecule has 0 aliphatic carbocycles. The van der Waals surface area contributed by atoms with Crippen LogP contribution in [-0.2, 0) is 0 Å². The van der Waals surface area contributed by atoms with Crippen molar-refractivity contribution in [3.63, 3.8) is 0 Å². The fourth-order valence-electron chi connectivity index (χ4n) is 1.75. The molecule has 0 aliphatic heterocycles. The third-order valence-electron chi connectivity index (χ3n) is 2.50.